The SMILES string of the molecule is CC[Si](C#Cc1cc(Br)cc(Br)c1)(CC)CC. The van der Waals surface area contributed by atoms with Crippen molar-refractivity contribution in [2.24, 2.45) is 0 Å². The molecule has 0 aromatic heterocycles. The van der Waals surface area contributed by atoms with Gasteiger partial charge in [-0.1, -0.05) is 58.6 Å². The van der Waals surface area contributed by atoms with Crippen molar-refractivity contribution in [1.29, 1.82) is 0 Å². The number of halogens is 2. The molecule has 0 bridgehead atoms. The zero-order valence-corrected chi connectivity index (χ0v) is 14.8. The topological polar surface area (TPSA) is 0 Å². The molecule has 92 valence electrons. The summed E-state index contributed by atoms with van der Waals surface area (Å²) in [6, 6.07) is 9.96. The van der Waals surface area contributed by atoms with Crippen molar-refractivity contribution in [2.45, 2.75) is 38.9 Å². The maximum absolute atomic E-state index is 3.60. The minimum Gasteiger partial charge on any atom is -0.126 e. The lowest BCUT2D eigenvalue weighted by atomic mass is 10.2. The Morgan fingerprint density at radius 1 is 0.941 bits per heavy atom. The Morgan fingerprint density at radius 2 is 1.41 bits per heavy atom. The predicted molar refractivity (Wildman–Crippen MR) is 85.9 cm³/mol. The van der Waals surface area contributed by atoms with Gasteiger partial charge >= 0.3 is 0 Å². The molecule has 0 amide bonds. The van der Waals surface area contributed by atoms with Gasteiger partial charge in [-0.15, -0.1) is 5.54 Å². The summed E-state index contributed by atoms with van der Waals surface area (Å²) in [6.07, 6.45) is 0. The van der Waals surface area contributed by atoms with Crippen molar-refractivity contribution >= 4 is 39.9 Å². The molecule has 0 heterocycles. The Hall–Kier alpha value is -0.0431. The summed E-state index contributed by atoms with van der Waals surface area (Å²) in [5, 5.41) is 0. The van der Waals surface area contributed by atoms with Gasteiger partial charge in [0.25, 0.3) is 0 Å². The summed E-state index contributed by atoms with van der Waals surface area (Å²) in [5.74, 6) is 3.37. The molecule has 3 heteroatoms. The number of hydrogen-bond acceptors (Lipinski definition) is 0. The van der Waals surface area contributed by atoms with E-state index in [4.69, 9.17) is 0 Å². The fraction of sp³-hybridized carbons (Fsp3) is 0.429. The zero-order valence-electron chi connectivity index (χ0n) is 10.6. The van der Waals surface area contributed by atoms with Crippen LogP contribution in [0.15, 0.2) is 27.1 Å². The van der Waals surface area contributed by atoms with Crippen LogP contribution in [0.25, 0.3) is 0 Å². The van der Waals surface area contributed by atoms with Crippen LogP contribution in [-0.2, 0) is 0 Å². The molecule has 0 aliphatic carbocycles. The quantitative estimate of drug-likeness (QED) is 0.477. The van der Waals surface area contributed by atoms with Crippen LogP contribution < -0.4 is 0 Å². The Kier molecular flexibility index (Phi) is 5.98. The smallest absolute Gasteiger partial charge is 0.126 e. The molecule has 0 radical (unpaired) electrons. The van der Waals surface area contributed by atoms with Crippen LogP contribution >= 0.6 is 31.9 Å². The lowest BCUT2D eigenvalue weighted by molar-refractivity contribution is 1.20. The Labute approximate surface area is 122 Å². The summed E-state index contributed by atoms with van der Waals surface area (Å²) in [4.78, 5) is 0. The first-order chi connectivity index (χ1) is 8.05. The van der Waals surface area contributed by atoms with Crippen LogP contribution in [0.5, 0.6) is 0 Å². The third-order valence-corrected chi connectivity index (χ3v) is 9.00. The lowest BCUT2D eigenvalue weighted by Crippen LogP contribution is -2.29. The lowest BCUT2D eigenvalue weighted by Gasteiger charge is -2.20. The number of hydrogen-bond donors (Lipinski definition) is 0. The Balaban J connectivity index is 3.04. The highest BCUT2D eigenvalue weighted by Crippen LogP contribution is 2.21. The summed E-state index contributed by atoms with van der Waals surface area (Å²) in [7, 11) is -1.33. The van der Waals surface area contributed by atoms with E-state index in [0.29, 0.717) is 0 Å². The summed E-state index contributed by atoms with van der Waals surface area (Å²) < 4.78 is 2.15. The molecule has 1 aromatic rings. The number of rotatable bonds is 3. The molecule has 0 nitrogen and oxygen atoms in total. The standard InChI is InChI=1S/C14H18Br2Si/c1-4-17(5-2,6-3)8-7-12-9-13(15)11-14(16)10-12/h9-11H,4-6H2,1-3H3. The van der Waals surface area contributed by atoms with E-state index < -0.39 is 8.07 Å². The van der Waals surface area contributed by atoms with E-state index in [1.165, 1.54) is 18.1 Å². The van der Waals surface area contributed by atoms with Crippen molar-refractivity contribution < 1.29 is 0 Å². The van der Waals surface area contributed by atoms with Crippen LogP contribution in [-0.4, -0.2) is 8.07 Å². The molecule has 1 rings (SSSR count). The van der Waals surface area contributed by atoms with Gasteiger partial charge in [-0.05, 0) is 36.3 Å². The summed E-state index contributed by atoms with van der Waals surface area (Å²) >= 11 is 7.00. The maximum atomic E-state index is 3.60. The van der Waals surface area contributed by atoms with Crippen LogP contribution in [0, 0.1) is 11.5 Å². The monoisotopic (exact) mass is 372 g/mol. The zero-order chi connectivity index (χ0) is 12.9. The molecule has 0 fully saturated rings. The summed E-state index contributed by atoms with van der Waals surface area (Å²) in [5.41, 5.74) is 4.70. The van der Waals surface area contributed by atoms with E-state index in [1.54, 1.807) is 0 Å². The maximum Gasteiger partial charge on any atom is 0.138 e. The summed E-state index contributed by atoms with van der Waals surface area (Å²) in [6.45, 7) is 6.85. The van der Waals surface area contributed by atoms with Gasteiger partial charge in [0.05, 0.1) is 0 Å². The van der Waals surface area contributed by atoms with Gasteiger partial charge in [0.15, 0.2) is 0 Å². The average molecular weight is 374 g/mol. The first kappa shape index (κ1) is 15.0. The van der Waals surface area contributed by atoms with Crippen LogP contribution in [0.4, 0.5) is 0 Å². The van der Waals surface area contributed by atoms with Gasteiger partial charge in [0, 0.05) is 14.5 Å². The average Bonchev–Trinajstić information content (AvgIpc) is 2.30. The van der Waals surface area contributed by atoms with Gasteiger partial charge in [-0.3, -0.25) is 0 Å². The highest BCUT2D eigenvalue weighted by atomic mass is 79.9. The third-order valence-electron chi connectivity index (χ3n) is 3.36. The van der Waals surface area contributed by atoms with Crippen LogP contribution in [0.3, 0.4) is 0 Å². The highest BCUT2D eigenvalue weighted by molar-refractivity contribution is 9.11. The van der Waals surface area contributed by atoms with E-state index in [1.807, 2.05) is 6.07 Å². The van der Waals surface area contributed by atoms with Crippen molar-refractivity contribution in [3.8, 4) is 11.5 Å². The molecule has 1 aromatic carbocycles. The van der Waals surface area contributed by atoms with Crippen LogP contribution in [0.2, 0.25) is 18.1 Å². The van der Waals surface area contributed by atoms with Crippen molar-refractivity contribution in [3.05, 3.63) is 32.7 Å². The second kappa shape index (κ2) is 6.77. The van der Waals surface area contributed by atoms with E-state index in [2.05, 4.69) is 76.2 Å². The molecule has 17 heavy (non-hydrogen) atoms. The van der Waals surface area contributed by atoms with Gasteiger partial charge in [0.1, 0.15) is 8.07 Å². The fourth-order valence-corrected chi connectivity index (χ4v) is 5.58. The molecule has 0 saturated heterocycles. The Bertz CT molecular complexity index is 411. The largest absolute Gasteiger partial charge is 0.138 e. The van der Waals surface area contributed by atoms with Crippen molar-refractivity contribution in [1.82, 2.24) is 0 Å². The highest BCUT2D eigenvalue weighted by Gasteiger charge is 2.24. The van der Waals surface area contributed by atoms with E-state index in [0.717, 1.165) is 14.5 Å². The molecule has 0 aliphatic heterocycles. The molecule has 0 saturated carbocycles. The molecule has 0 aliphatic rings. The normalized spacial score (nSPS) is 10.9. The van der Waals surface area contributed by atoms with Crippen LogP contribution in [0.1, 0.15) is 26.3 Å². The molecule has 0 atom stereocenters. The molecule has 0 N–H and O–H groups in total. The van der Waals surface area contributed by atoms with Gasteiger partial charge in [-0.2, -0.15) is 0 Å². The Morgan fingerprint density at radius 3 is 1.82 bits per heavy atom. The number of benzene rings is 1. The molecule has 0 unspecified atom stereocenters. The van der Waals surface area contributed by atoms with E-state index >= 15 is 0 Å². The first-order valence-corrected chi connectivity index (χ1v) is 10.2. The van der Waals surface area contributed by atoms with Crippen molar-refractivity contribution in [3.63, 3.8) is 0 Å². The minimum atomic E-state index is -1.33. The predicted octanol–water partition coefficient (Wildman–Crippen LogP) is 5.61. The third kappa shape index (κ3) is 4.28. The molecular weight excluding hydrogens is 356 g/mol. The molecule has 0 spiro atoms. The van der Waals surface area contributed by atoms with Gasteiger partial charge < -0.3 is 0 Å². The van der Waals surface area contributed by atoms with E-state index in [-0.39, 0.29) is 0 Å². The fourth-order valence-electron chi connectivity index (χ4n) is 1.85. The molecular formula is C14H18Br2Si. The van der Waals surface area contributed by atoms with Gasteiger partial charge in [0.2, 0.25) is 0 Å². The second-order valence-corrected chi connectivity index (χ2v) is 11.0. The minimum absolute atomic E-state index is 1.08. The van der Waals surface area contributed by atoms with E-state index in [9.17, 15) is 0 Å². The van der Waals surface area contributed by atoms with Crippen molar-refractivity contribution in [2.75, 3.05) is 0 Å². The van der Waals surface area contributed by atoms with Gasteiger partial charge in [-0.25, -0.2) is 0 Å². The second-order valence-electron chi connectivity index (χ2n) is 4.25. The first-order valence-electron chi connectivity index (χ1n) is 6.04.